The van der Waals surface area contributed by atoms with Gasteiger partial charge in [-0.3, -0.25) is 38.5 Å². The number of esters is 5. The fraction of sp³-hybridized carbons (Fsp3) is 0.929. The minimum absolute atomic E-state index is 0. The van der Waals surface area contributed by atoms with E-state index in [9.17, 15) is 33.6 Å². The first kappa shape index (κ1) is 88.3. The maximum absolute atomic E-state index is 12.7. The highest BCUT2D eigenvalue weighted by Crippen LogP contribution is 2.70. The summed E-state index contributed by atoms with van der Waals surface area (Å²) in [6, 6.07) is 0.269. The van der Waals surface area contributed by atoms with Crippen molar-refractivity contribution in [1.82, 2.24) is 4.90 Å². The number of rotatable bonds is 17. The third-order valence-electron chi connectivity index (χ3n) is 37.0. The van der Waals surface area contributed by atoms with Crippen LogP contribution in [0.5, 0.6) is 0 Å². The molecule has 1 heterocycles. The zero-order chi connectivity index (χ0) is 79.0. The highest BCUT2D eigenvalue weighted by atomic mass is 16.6. The van der Waals surface area contributed by atoms with Crippen molar-refractivity contribution in [3.05, 3.63) is 0 Å². The molecule has 0 spiro atoms. The van der Waals surface area contributed by atoms with E-state index in [-0.39, 0.29) is 131 Å². The van der Waals surface area contributed by atoms with Gasteiger partial charge in [0.25, 0.3) is 0 Å². The van der Waals surface area contributed by atoms with E-state index in [1.54, 1.807) is 4.90 Å². The van der Waals surface area contributed by atoms with Gasteiger partial charge < -0.3 is 23.7 Å². The number of hydrogen-bond donors (Lipinski definition) is 0. The number of ether oxygens (including phenoxy) is 5. The van der Waals surface area contributed by atoms with E-state index in [1.807, 2.05) is 104 Å². The first-order chi connectivity index (χ1) is 51.1. The van der Waals surface area contributed by atoms with Gasteiger partial charge in [-0.15, -0.1) is 0 Å². The predicted molar refractivity (Wildman–Crippen MR) is 442 cm³/mol. The van der Waals surface area contributed by atoms with Crippen LogP contribution >= 0.6 is 0 Å². The van der Waals surface area contributed by atoms with Crippen molar-refractivity contribution < 1.29 is 57.2 Å². The van der Waals surface area contributed by atoms with Crippen LogP contribution in [0.4, 0.5) is 0 Å². The van der Waals surface area contributed by atoms with Crippen molar-refractivity contribution in [2.45, 2.75) is 408 Å². The molecule has 16 bridgehead atoms. The molecule has 1 aliphatic heterocycles. The van der Waals surface area contributed by atoms with Crippen LogP contribution in [-0.4, -0.2) is 82.6 Å². The van der Waals surface area contributed by atoms with Crippen LogP contribution < -0.4 is 0 Å². The molecule has 18 saturated carbocycles. The summed E-state index contributed by atoms with van der Waals surface area (Å²) in [5.74, 6) is 17.1. The van der Waals surface area contributed by atoms with E-state index in [0.717, 1.165) is 166 Å². The lowest BCUT2D eigenvalue weighted by Gasteiger charge is -2.56. The molecule has 2 amide bonds. The molecule has 0 radical (unpaired) electrons. The first-order valence-electron chi connectivity index (χ1n) is 46.1. The molecule has 19 aliphatic rings. The molecule has 19 fully saturated rings. The molecule has 19 rings (SSSR count). The summed E-state index contributed by atoms with van der Waals surface area (Å²) >= 11 is 0. The summed E-state index contributed by atoms with van der Waals surface area (Å²) < 4.78 is 29.5. The van der Waals surface area contributed by atoms with Crippen LogP contribution in [-0.2, 0) is 57.2 Å². The fourth-order valence-electron chi connectivity index (χ4n) is 27.5. The smallest absolute Gasteiger partial charge is 0.312 e. The third-order valence-corrected chi connectivity index (χ3v) is 37.0. The molecule has 24 unspecified atom stereocenters. The number of likely N-dealkylation sites (tertiary alicyclic amines) is 1. The van der Waals surface area contributed by atoms with Gasteiger partial charge in [0.2, 0.25) is 11.8 Å². The van der Waals surface area contributed by atoms with Crippen LogP contribution in [0.3, 0.4) is 0 Å². The quantitative estimate of drug-likeness (QED) is 0.0586. The van der Waals surface area contributed by atoms with E-state index in [0.29, 0.717) is 35.0 Å². The molecule has 0 aromatic rings. The van der Waals surface area contributed by atoms with Crippen molar-refractivity contribution in [2.24, 2.45) is 168 Å². The second kappa shape index (κ2) is 32.7. The molecular weight excluding hydrogens is 1380 g/mol. The maximum Gasteiger partial charge on any atom is 0.312 e. The van der Waals surface area contributed by atoms with Crippen LogP contribution in [0.15, 0.2) is 0 Å². The summed E-state index contributed by atoms with van der Waals surface area (Å²) in [6.45, 7) is 43.3. The number of fused-ring (bicyclic) bond motifs is 26. The monoisotopic (exact) mass is 1550 g/mol. The molecule has 0 N–H and O–H groups in total. The van der Waals surface area contributed by atoms with Crippen LogP contribution in [0.1, 0.15) is 372 Å². The Kier molecular flexibility index (Phi) is 26.0. The lowest BCUT2D eigenvalue weighted by Crippen LogP contribution is -2.68. The largest absolute Gasteiger partial charge is 0.462 e. The first-order valence-corrected chi connectivity index (χ1v) is 46.1. The third kappa shape index (κ3) is 16.2. The van der Waals surface area contributed by atoms with Crippen LogP contribution in [0, 0.1) is 168 Å². The zero-order valence-electron chi connectivity index (χ0n) is 72.7. The van der Waals surface area contributed by atoms with Gasteiger partial charge in [-0.05, 0) is 392 Å². The molecule has 18 aliphatic carbocycles. The molecule has 0 aromatic heterocycles. The van der Waals surface area contributed by atoms with E-state index >= 15 is 0 Å². The highest BCUT2D eigenvalue weighted by molar-refractivity contribution is 6.04. The van der Waals surface area contributed by atoms with Crippen molar-refractivity contribution in [2.75, 3.05) is 0 Å². The van der Waals surface area contributed by atoms with Crippen LogP contribution in [0.2, 0.25) is 0 Å². The van der Waals surface area contributed by atoms with E-state index in [2.05, 4.69) is 41.5 Å². The molecule has 1 saturated heterocycles. The van der Waals surface area contributed by atoms with E-state index < -0.39 is 5.41 Å². The van der Waals surface area contributed by atoms with Gasteiger partial charge in [-0.1, -0.05) is 104 Å². The Labute approximate surface area is 676 Å². The number of nitrogens with zero attached hydrogens (tertiary/aromatic N) is 1. The fourth-order valence-corrected chi connectivity index (χ4v) is 27.5. The van der Waals surface area contributed by atoms with Gasteiger partial charge in [0.1, 0.15) is 30.0 Å². The second-order valence-electron chi connectivity index (χ2n) is 45.3. The number of carbonyl (C=O) groups excluding carboxylic acids is 7. The molecule has 632 valence electrons. The Morgan fingerprint density at radius 1 is 0.378 bits per heavy atom. The number of β-lactam (4-membered cyclic amide) rings is 1. The summed E-state index contributed by atoms with van der Waals surface area (Å²) in [6.07, 6.45) is 41.1. The van der Waals surface area contributed by atoms with Gasteiger partial charge in [0, 0.05) is 10.8 Å². The highest BCUT2D eigenvalue weighted by Gasteiger charge is 2.71. The van der Waals surface area contributed by atoms with Crippen molar-refractivity contribution in [3.8, 4) is 0 Å². The number of hydrogen-bond acceptors (Lipinski definition) is 12. The number of carbonyl (C=O) groups is 7. The van der Waals surface area contributed by atoms with E-state index in [1.165, 1.54) is 135 Å². The van der Waals surface area contributed by atoms with Gasteiger partial charge in [0.15, 0.2) is 0 Å². The van der Waals surface area contributed by atoms with Gasteiger partial charge in [-0.25, -0.2) is 0 Å². The molecule has 0 aromatic carbocycles. The average molecular weight is 1550 g/mol. The molecule has 13 heteroatoms. The van der Waals surface area contributed by atoms with E-state index in [4.69, 9.17) is 23.7 Å². The van der Waals surface area contributed by atoms with Gasteiger partial charge >= 0.3 is 29.8 Å². The Morgan fingerprint density at radius 2 is 0.820 bits per heavy atom. The van der Waals surface area contributed by atoms with Crippen molar-refractivity contribution in [3.63, 3.8) is 0 Å². The Bertz CT molecular complexity index is 3300. The van der Waals surface area contributed by atoms with Gasteiger partial charge in [0.05, 0.1) is 39.0 Å². The topological polar surface area (TPSA) is 169 Å². The molecule has 111 heavy (non-hydrogen) atoms. The number of amides is 2. The molecule has 24 atom stereocenters. The second-order valence-corrected chi connectivity index (χ2v) is 45.3. The number of imide groups is 1. The molecular formula is C98H163NO12. The lowest BCUT2D eigenvalue weighted by atomic mass is 9.54. The predicted octanol–water partition coefficient (Wildman–Crippen LogP) is 23.2. The average Bonchev–Trinajstić information content (AvgIpc) is 1.53. The standard InChI is InChI=1S/C18H28O2.C17H25NO2.2C16H26O2.C16H28O2.C13H22O2.2CH4/c1-4-18(2,3)17(19)20-14-9-12-8-13(14)16-11-6-5-10(7-11)15(12)16;1-4-17(2,3)16(20)18-14-12-8-11(13(14)15(18)19)9-6-5-7-10(9)12;1-4-15(2,3)14(17)18-16-8-11-5-12(9-16)7-13(6-11)10-16;1-4-16(2,3)15(17)18-14-9-10-8-13(14)12-7-5-6-11(10)12;1-7-14(2,3)13(17)18-12-10-11-8-9-16(12,6)15(11,4)5;1-4-13(2,3)12(14)15-11-8-9-5-6-10(11)7-9;;/h10-16H,4-9H2,1-3H3;9-14H,4-8H2,1-3H3;11-13H,4-10H2,1-3H3;10-14H,4-9H2,1-3H3;11-12H,7-10H2,1-6H3;9-11H,4-8H2,1-3H3;2*1H4. The Hall–Kier alpha value is -3.51. The summed E-state index contributed by atoms with van der Waals surface area (Å²) in [7, 11) is 0. The summed E-state index contributed by atoms with van der Waals surface area (Å²) in [5.41, 5.74) is -1.55. The zero-order valence-corrected chi connectivity index (χ0v) is 72.7. The SMILES string of the molecule is C.C.CCC(C)(C)C(=O)N1C(=O)C2C3CC(C4CCCC43)C21.CCC(C)(C)C(=O)OC12CC3CC(CC(C3)C1)C2.CCC(C)(C)C(=O)OC1CC2CC1C1C3CCC(C3)C21.CCC(C)(C)C(=O)OC1CC2CC1C1CCCC21.CCC(C)(C)C(=O)OC1CC2CCC1(C)C2(C)C.CCC(C)(C)C(=O)OC1CC2CCC1C2. The summed E-state index contributed by atoms with van der Waals surface area (Å²) in [4.78, 5) is 88.0. The van der Waals surface area contributed by atoms with Crippen molar-refractivity contribution in [1.29, 1.82) is 0 Å². The normalized spacial score (nSPS) is 41.4. The Balaban J connectivity index is 0.000000132. The summed E-state index contributed by atoms with van der Waals surface area (Å²) in [5, 5.41) is 0. The molecule has 13 nitrogen and oxygen atoms in total. The minimum atomic E-state index is -0.391. The van der Waals surface area contributed by atoms with Crippen LogP contribution in [0.25, 0.3) is 0 Å². The minimum Gasteiger partial charge on any atom is -0.462 e. The Morgan fingerprint density at radius 3 is 1.30 bits per heavy atom. The van der Waals surface area contributed by atoms with Crippen molar-refractivity contribution >= 4 is 41.7 Å². The van der Waals surface area contributed by atoms with Gasteiger partial charge in [-0.2, -0.15) is 0 Å². The maximum atomic E-state index is 12.7. The lowest BCUT2D eigenvalue weighted by molar-refractivity contribution is -0.196.